The summed E-state index contributed by atoms with van der Waals surface area (Å²) in [5.41, 5.74) is 5.50. The highest BCUT2D eigenvalue weighted by atomic mass is 79.9. The number of aliphatic hydroxyl groups is 1. The predicted octanol–water partition coefficient (Wildman–Crippen LogP) is 4.94. The summed E-state index contributed by atoms with van der Waals surface area (Å²) in [7, 11) is -3.43. The van der Waals surface area contributed by atoms with Crippen LogP contribution >= 0.6 is 15.9 Å². The van der Waals surface area contributed by atoms with E-state index in [1.165, 1.54) is 12.1 Å². The van der Waals surface area contributed by atoms with Crippen molar-refractivity contribution in [3.63, 3.8) is 0 Å². The molecule has 1 fully saturated rings. The Labute approximate surface area is 268 Å². The molecular formula is C34H28BrN3O6S. The van der Waals surface area contributed by atoms with Crippen molar-refractivity contribution in [3.05, 3.63) is 136 Å². The van der Waals surface area contributed by atoms with Crippen molar-refractivity contribution in [1.29, 1.82) is 0 Å². The minimum absolute atomic E-state index is 0.128. The number of hydrogen-bond acceptors (Lipinski definition) is 8. The zero-order chi connectivity index (χ0) is 31.9. The normalized spacial score (nSPS) is 20.6. The van der Waals surface area contributed by atoms with Gasteiger partial charge in [0.25, 0.3) is 5.91 Å². The lowest BCUT2D eigenvalue weighted by atomic mass is 9.90. The molecular weight excluding hydrogens is 658 g/mol. The summed E-state index contributed by atoms with van der Waals surface area (Å²) >= 11 is 3.40. The number of ketones is 1. The van der Waals surface area contributed by atoms with Crippen molar-refractivity contribution in [1.82, 2.24) is 5.01 Å². The number of hydrazine groups is 1. The third-order valence-corrected chi connectivity index (χ3v) is 9.61. The minimum atomic E-state index is -3.43. The molecule has 0 saturated carbocycles. The summed E-state index contributed by atoms with van der Waals surface area (Å²) in [6.07, 6.45) is 3.37. The van der Waals surface area contributed by atoms with E-state index in [0.29, 0.717) is 28.1 Å². The molecule has 0 aromatic heterocycles. The van der Waals surface area contributed by atoms with E-state index in [1.807, 2.05) is 6.07 Å². The number of anilines is 2. The van der Waals surface area contributed by atoms with Crippen LogP contribution in [0, 0.1) is 5.92 Å². The van der Waals surface area contributed by atoms with Gasteiger partial charge in [0, 0.05) is 27.5 Å². The highest BCUT2D eigenvalue weighted by molar-refractivity contribution is 9.10. The summed E-state index contributed by atoms with van der Waals surface area (Å²) in [5, 5.41) is 13.1. The standard InChI is InChI=1S/C34H28BrN3O6S/c1-45(43,44)27-17-13-25(14-18-27)36-38-29(32(40)23-7-11-24(35)12-8-23)20-19-28-30(38)34(42)37(33(28)41)26-15-9-22(10-16-26)31(39)21-5-3-2-4-6-21/h2-20,28-30,32,36,40H,1H3/t28?,29-,30+,32-/m1/s1. The maximum absolute atomic E-state index is 14.1. The van der Waals surface area contributed by atoms with E-state index in [4.69, 9.17) is 0 Å². The molecule has 4 aromatic carbocycles. The van der Waals surface area contributed by atoms with Gasteiger partial charge in [0.15, 0.2) is 15.6 Å². The van der Waals surface area contributed by atoms with Gasteiger partial charge in [-0.2, -0.15) is 0 Å². The minimum Gasteiger partial charge on any atom is -0.386 e. The number of carbonyl (C=O) groups excluding carboxylic acids is 3. The Morgan fingerprint density at radius 2 is 1.44 bits per heavy atom. The van der Waals surface area contributed by atoms with Crippen LogP contribution in [0.25, 0.3) is 0 Å². The first kappa shape index (κ1) is 30.6. The Bertz CT molecular complexity index is 1900. The van der Waals surface area contributed by atoms with Crippen LogP contribution in [0.15, 0.2) is 125 Å². The van der Waals surface area contributed by atoms with E-state index in [2.05, 4.69) is 21.4 Å². The lowest BCUT2D eigenvalue weighted by Gasteiger charge is -2.40. The summed E-state index contributed by atoms with van der Waals surface area (Å²) in [6.45, 7) is 0. The number of fused-ring (bicyclic) bond motifs is 1. The van der Waals surface area contributed by atoms with Gasteiger partial charge < -0.3 is 10.5 Å². The molecule has 6 rings (SSSR count). The topological polar surface area (TPSA) is 124 Å². The molecule has 228 valence electrons. The molecule has 4 atom stereocenters. The predicted molar refractivity (Wildman–Crippen MR) is 173 cm³/mol. The van der Waals surface area contributed by atoms with Gasteiger partial charge >= 0.3 is 0 Å². The fraction of sp³-hybridized carbons (Fsp3) is 0.147. The van der Waals surface area contributed by atoms with Crippen LogP contribution in [0.2, 0.25) is 0 Å². The van der Waals surface area contributed by atoms with Gasteiger partial charge in [-0.1, -0.05) is 70.5 Å². The number of sulfone groups is 1. The molecule has 0 bridgehead atoms. The number of hydrogen-bond donors (Lipinski definition) is 2. The van der Waals surface area contributed by atoms with Crippen molar-refractivity contribution in [2.45, 2.75) is 23.1 Å². The number of rotatable bonds is 8. The Balaban J connectivity index is 1.33. The monoisotopic (exact) mass is 685 g/mol. The SMILES string of the molecule is CS(=O)(=O)c1ccc(NN2[C@@H]3C(=O)N(c4ccc(C(=O)c5ccccc5)cc4)C(=O)C3C=C[C@@H]2[C@H](O)c2ccc(Br)cc2)cc1. The number of aliphatic hydroxyl groups excluding tert-OH is 1. The second kappa shape index (κ2) is 12.2. The van der Waals surface area contributed by atoms with Gasteiger partial charge in [-0.05, 0) is 66.2 Å². The van der Waals surface area contributed by atoms with E-state index in [9.17, 15) is 27.9 Å². The first-order chi connectivity index (χ1) is 21.5. The van der Waals surface area contributed by atoms with E-state index in [-0.39, 0.29) is 10.7 Å². The lowest BCUT2D eigenvalue weighted by Crippen LogP contribution is -2.55. The Kier molecular flexibility index (Phi) is 8.27. The Morgan fingerprint density at radius 1 is 0.822 bits per heavy atom. The molecule has 45 heavy (non-hydrogen) atoms. The first-order valence-electron chi connectivity index (χ1n) is 14.1. The van der Waals surface area contributed by atoms with Gasteiger partial charge in [-0.15, -0.1) is 0 Å². The molecule has 2 heterocycles. The maximum atomic E-state index is 14.1. The van der Waals surface area contributed by atoms with Crippen LogP contribution in [-0.4, -0.2) is 54.5 Å². The zero-order valence-corrected chi connectivity index (χ0v) is 26.4. The first-order valence-corrected chi connectivity index (χ1v) is 16.8. The maximum Gasteiger partial charge on any atom is 0.254 e. The molecule has 2 N–H and O–H groups in total. The molecule has 0 aliphatic carbocycles. The van der Waals surface area contributed by atoms with Crippen LogP contribution in [0.4, 0.5) is 11.4 Å². The van der Waals surface area contributed by atoms with Gasteiger partial charge in [-0.3, -0.25) is 14.4 Å². The van der Waals surface area contributed by atoms with Crippen molar-refractivity contribution < 1.29 is 27.9 Å². The quantitative estimate of drug-likeness (QED) is 0.152. The number of benzene rings is 4. The van der Waals surface area contributed by atoms with Gasteiger partial charge in [-0.25, -0.2) is 18.3 Å². The van der Waals surface area contributed by atoms with Gasteiger partial charge in [0.2, 0.25) is 5.91 Å². The average molecular weight is 687 g/mol. The molecule has 1 saturated heterocycles. The summed E-state index contributed by atoms with van der Waals surface area (Å²) < 4.78 is 24.8. The second-order valence-electron chi connectivity index (χ2n) is 10.9. The van der Waals surface area contributed by atoms with E-state index >= 15 is 0 Å². The lowest BCUT2D eigenvalue weighted by molar-refractivity contribution is -0.123. The van der Waals surface area contributed by atoms with Crippen molar-refractivity contribution in [2.24, 2.45) is 5.92 Å². The molecule has 0 radical (unpaired) electrons. The molecule has 2 aliphatic rings. The molecule has 2 aliphatic heterocycles. The van der Waals surface area contributed by atoms with Crippen LogP contribution in [0.5, 0.6) is 0 Å². The number of imide groups is 1. The highest BCUT2D eigenvalue weighted by Gasteiger charge is 2.54. The number of halogens is 1. The molecule has 0 spiro atoms. The fourth-order valence-corrected chi connectivity index (χ4v) is 6.52. The largest absolute Gasteiger partial charge is 0.386 e. The van der Waals surface area contributed by atoms with E-state index < -0.39 is 45.8 Å². The molecule has 11 heteroatoms. The molecule has 4 aromatic rings. The van der Waals surface area contributed by atoms with Gasteiger partial charge in [0.1, 0.15) is 6.04 Å². The Hall–Kier alpha value is -4.42. The summed E-state index contributed by atoms with van der Waals surface area (Å²) in [6, 6.07) is 26.5. The van der Waals surface area contributed by atoms with Crippen molar-refractivity contribution in [3.8, 4) is 0 Å². The number of carbonyl (C=O) groups is 3. The van der Waals surface area contributed by atoms with Crippen LogP contribution < -0.4 is 10.3 Å². The van der Waals surface area contributed by atoms with E-state index in [1.54, 1.807) is 102 Å². The highest BCUT2D eigenvalue weighted by Crippen LogP contribution is 2.38. The van der Waals surface area contributed by atoms with Crippen molar-refractivity contribution in [2.75, 3.05) is 16.6 Å². The van der Waals surface area contributed by atoms with Crippen LogP contribution in [0.1, 0.15) is 27.6 Å². The smallest absolute Gasteiger partial charge is 0.254 e. The third kappa shape index (κ3) is 5.99. The fourth-order valence-electron chi connectivity index (χ4n) is 5.63. The zero-order valence-electron chi connectivity index (χ0n) is 23.9. The molecule has 2 amide bonds. The van der Waals surface area contributed by atoms with Crippen LogP contribution in [0.3, 0.4) is 0 Å². The third-order valence-electron chi connectivity index (χ3n) is 7.95. The average Bonchev–Trinajstić information content (AvgIpc) is 3.30. The van der Waals surface area contributed by atoms with Crippen LogP contribution in [-0.2, 0) is 19.4 Å². The number of nitrogens with one attached hydrogen (secondary N) is 1. The number of amides is 2. The van der Waals surface area contributed by atoms with E-state index in [0.717, 1.165) is 15.6 Å². The molecule has 1 unspecified atom stereocenters. The Morgan fingerprint density at radius 3 is 2.07 bits per heavy atom. The summed E-state index contributed by atoms with van der Waals surface area (Å²) in [4.78, 5) is 41.9. The number of nitrogens with zero attached hydrogens (tertiary/aromatic N) is 2. The van der Waals surface area contributed by atoms with Crippen molar-refractivity contribution >= 4 is 54.7 Å². The second-order valence-corrected chi connectivity index (χ2v) is 13.8. The van der Waals surface area contributed by atoms with Gasteiger partial charge in [0.05, 0.1) is 28.6 Å². The molecule has 9 nitrogen and oxygen atoms in total. The summed E-state index contributed by atoms with van der Waals surface area (Å²) in [5.74, 6) is -2.00.